The second-order valence-corrected chi connectivity index (χ2v) is 16.1. The lowest BCUT2D eigenvalue weighted by atomic mass is 9.70. The molecule has 3 nitrogen and oxygen atoms in total. The maximum Gasteiger partial charge on any atom is 0.192 e. The molecule has 1 saturated carbocycles. The normalized spacial score (nSPS) is 28.7. The molecule has 0 aromatic carbocycles. The molecule has 0 heterocycles. The molecule has 22 heavy (non-hydrogen) atoms. The van der Waals surface area contributed by atoms with Crippen molar-refractivity contribution in [1.82, 2.24) is 0 Å². The number of nitrogens with zero attached hydrogens (tertiary/aromatic N) is 1. The summed E-state index contributed by atoms with van der Waals surface area (Å²) in [6, 6.07) is 0. The van der Waals surface area contributed by atoms with Gasteiger partial charge in [-0.25, -0.2) is 0 Å². The van der Waals surface area contributed by atoms with E-state index in [1.54, 1.807) is 0 Å². The molecule has 1 atom stereocenters. The minimum Gasteiger partial charge on any atom is -0.591 e. The largest absolute Gasteiger partial charge is 0.591 e. The van der Waals surface area contributed by atoms with Crippen molar-refractivity contribution in [3.8, 4) is 0 Å². The number of hydrogen-bond donors (Lipinski definition) is 0. The molecular formula is C17H35NO2SSi. The van der Waals surface area contributed by atoms with E-state index in [0.29, 0.717) is 5.92 Å². The van der Waals surface area contributed by atoms with Crippen LogP contribution in [0.4, 0.5) is 0 Å². The van der Waals surface area contributed by atoms with Crippen LogP contribution in [0.1, 0.15) is 67.7 Å². The molecule has 0 amide bonds. The summed E-state index contributed by atoms with van der Waals surface area (Å²) in [5.41, 5.74) is -0.0754. The van der Waals surface area contributed by atoms with Crippen LogP contribution in [-0.4, -0.2) is 29.4 Å². The molecule has 130 valence electrons. The molecule has 5 heteroatoms. The Kier molecular flexibility index (Phi) is 6.04. The van der Waals surface area contributed by atoms with E-state index in [4.69, 9.17) is 4.43 Å². The molecular weight excluding hydrogens is 310 g/mol. The summed E-state index contributed by atoms with van der Waals surface area (Å²) >= 11 is -1.17. The van der Waals surface area contributed by atoms with Crippen molar-refractivity contribution in [2.45, 2.75) is 96.2 Å². The van der Waals surface area contributed by atoms with Crippen LogP contribution in [0.25, 0.3) is 0 Å². The van der Waals surface area contributed by atoms with E-state index in [2.05, 4.69) is 45.2 Å². The monoisotopic (exact) mass is 345 g/mol. The predicted octanol–water partition coefficient (Wildman–Crippen LogP) is 5.10. The summed E-state index contributed by atoms with van der Waals surface area (Å²) in [5.74, 6) is 0.714. The second-order valence-electron chi connectivity index (χ2n) is 9.41. The third-order valence-corrected chi connectivity index (χ3v) is 10.8. The zero-order valence-corrected chi connectivity index (χ0v) is 17.8. The van der Waals surface area contributed by atoms with E-state index in [9.17, 15) is 4.55 Å². The predicted molar refractivity (Wildman–Crippen MR) is 100 cm³/mol. The van der Waals surface area contributed by atoms with Gasteiger partial charge in [-0.15, -0.1) is 0 Å². The zero-order chi connectivity index (χ0) is 17.4. The fraction of sp³-hybridized carbons (Fsp3) is 0.941. The third-order valence-electron chi connectivity index (χ3n) is 4.88. The van der Waals surface area contributed by atoms with Gasteiger partial charge in [0.25, 0.3) is 0 Å². The van der Waals surface area contributed by atoms with E-state index >= 15 is 0 Å². The average molecular weight is 346 g/mol. The minimum absolute atomic E-state index is 0.0754. The van der Waals surface area contributed by atoms with Crippen LogP contribution in [0.2, 0.25) is 18.1 Å². The Morgan fingerprint density at radius 1 is 1.23 bits per heavy atom. The lowest BCUT2D eigenvalue weighted by Crippen LogP contribution is -2.55. The first-order valence-electron chi connectivity index (χ1n) is 8.33. The van der Waals surface area contributed by atoms with Gasteiger partial charge in [0.2, 0.25) is 0 Å². The number of hydrogen-bond acceptors (Lipinski definition) is 3. The van der Waals surface area contributed by atoms with Crippen LogP contribution in [0.15, 0.2) is 4.40 Å². The molecule has 0 radical (unpaired) electrons. The molecule has 0 aromatic heterocycles. The quantitative estimate of drug-likeness (QED) is 0.395. The van der Waals surface area contributed by atoms with Crippen molar-refractivity contribution in [1.29, 1.82) is 0 Å². The Bertz CT molecular complexity index is 404. The summed E-state index contributed by atoms with van der Waals surface area (Å²) in [6.45, 7) is 19.6. The lowest BCUT2D eigenvalue weighted by molar-refractivity contribution is -0.0476. The first-order valence-corrected chi connectivity index (χ1v) is 12.3. The van der Waals surface area contributed by atoms with Gasteiger partial charge in [0.05, 0.1) is 11.8 Å². The molecule has 1 aliphatic carbocycles. The van der Waals surface area contributed by atoms with Gasteiger partial charge in [-0.3, -0.25) is 0 Å². The highest BCUT2D eigenvalue weighted by Crippen LogP contribution is 2.48. The molecule has 0 bridgehead atoms. The van der Waals surface area contributed by atoms with Gasteiger partial charge in [-0.2, -0.15) is 0 Å². The van der Waals surface area contributed by atoms with E-state index < -0.39 is 19.7 Å². The van der Waals surface area contributed by atoms with Crippen molar-refractivity contribution in [2.75, 3.05) is 0 Å². The van der Waals surface area contributed by atoms with E-state index in [-0.39, 0.29) is 15.4 Å². The maximum absolute atomic E-state index is 12.0. The molecule has 1 fully saturated rings. The molecule has 1 aliphatic rings. The van der Waals surface area contributed by atoms with Crippen molar-refractivity contribution < 1.29 is 8.98 Å². The summed E-state index contributed by atoms with van der Waals surface area (Å²) in [7, 11) is -1.79. The van der Waals surface area contributed by atoms with Crippen LogP contribution in [-0.2, 0) is 15.8 Å². The van der Waals surface area contributed by atoms with Crippen LogP contribution < -0.4 is 0 Å². The van der Waals surface area contributed by atoms with Crippen molar-refractivity contribution in [3.05, 3.63) is 0 Å². The van der Waals surface area contributed by atoms with Gasteiger partial charge in [-0.05, 0) is 57.7 Å². The fourth-order valence-corrected chi connectivity index (χ4v) is 4.79. The summed E-state index contributed by atoms with van der Waals surface area (Å²) in [5, 5.41) is 0.213. The Morgan fingerprint density at radius 3 is 2.09 bits per heavy atom. The lowest BCUT2D eigenvalue weighted by Gasteiger charge is -2.52. The standard InChI is InChI=1S/C17H35NO2SSi/c1-14-12-17(13-14,20-22(8,9)16(5,6)7)10-11-18-21(19)15(2,3)4/h11,14H,10,12-13H2,1-9H3. The summed E-state index contributed by atoms with van der Waals surface area (Å²) < 4.78 is 22.7. The average Bonchev–Trinajstić information content (AvgIpc) is 2.23. The zero-order valence-electron chi connectivity index (χ0n) is 15.9. The second kappa shape index (κ2) is 6.58. The van der Waals surface area contributed by atoms with Crippen molar-refractivity contribution >= 4 is 25.9 Å². The highest BCUT2D eigenvalue weighted by Gasteiger charge is 2.49. The Labute approximate surface area is 141 Å². The van der Waals surface area contributed by atoms with E-state index in [1.165, 1.54) is 0 Å². The van der Waals surface area contributed by atoms with E-state index in [1.807, 2.05) is 27.0 Å². The third kappa shape index (κ3) is 5.08. The van der Waals surface area contributed by atoms with Crippen molar-refractivity contribution in [2.24, 2.45) is 10.3 Å². The fourth-order valence-electron chi connectivity index (χ4n) is 2.63. The topological polar surface area (TPSA) is 44.7 Å². The van der Waals surface area contributed by atoms with Gasteiger partial charge in [0.1, 0.15) is 16.1 Å². The summed E-state index contributed by atoms with van der Waals surface area (Å²) in [4.78, 5) is 0. The summed E-state index contributed by atoms with van der Waals surface area (Å²) in [6.07, 6.45) is 4.81. The Morgan fingerprint density at radius 2 is 1.73 bits per heavy atom. The smallest absolute Gasteiger partial charge is 0.192 e. The molecule has 0 aromatic rings. The Balaban J connectivity index is 2.76. The highest BCUT2D eigenvalue weighted by molar-refractivity contribution is 7.91. The maximum atomic E-state index is 12.0. The Hall–Kier alpha value is 0.157. The SMILES string of the molecule is CC1CC(CC=N[S+]([O-])C(C)(C)C)(O[Si](C)(C)C(C)(C)C)C1. The van der Waals surface area contributed by atoms with Crippen LogP contribution >= 0.6 is 0 Å². The molecule has 0 aliphatic heterocycles. The van der Waals surface area contributed by atoms with Gasteiger partial charge < -0.3 is 8.98 Å². The van der Waals surface area contributed by atoms with Gasteiger partial charge in [-0.1, -0.05) is 32.1 Å². The molecule has 0 spiro atoms. The first-order chi connectivity index (χ1) is 9.69. The minimum atomic E-state index is -1.79. The van der Waals surface area contributed by atoms with Gasteiger partial charge in [0, 0.05) is 6.42 Å². The first kappa shape index (κ1) is 20.2. The highest BCUT2D eigenvalue weighted by atomic mass is 32.2. The molecule has 1 unspecified atom stereocenters. The number of rotatable bonds is 5. The molecule has 0 N–H and O–H groups in total. The van der Waals surface area contributed by atoms with Crippen LogP contribution in [0.3, 0.4) is 0 Å². The van der Waals surface area contributed by atoms with Crippen LogP contribution in [0.5, 0.6) is 0 Å². The van der Waals surface area contributed by atoms with Gasteiger partial charge in [0.15, 0.2) is 8.32 Å². The van der Waals surface area contributed by atoms with Crippen LogP contribution in [0, 0.1) is 5.92 Å². The van der Waals surface area contributed by atoms with Crippen molar-refractivity contribution in [3.63, 3.8) is 0 Å². The van der Waals surface area contributed by atoms with E-state index in [0.717, 1.165) is 19.3 Å². The molecule has 1 rings (SSSR count). The molecule has 0 saturated heterocycles. The van der Waals surface area contributed by atoms with Gasteiger partial charge >= 0.3 is 0 Å².